The zero-order chi connectivity index (χ0) is 13.8. The highest BCUT2D eigenvalue weighted by Gasteiger charge is 2.28. The van der Waals surface area contributed by atoms with Crippen LogP contribution in [0.5, 0.6) is 0 Å². The lowest BCUT2D eigenvalue weighted by Gasteiger charge is -2.39. The van der Waals surface area contributed by atoms with Crippen LogP contribution < -0.4 is 10.6 Å². The minimum Gasteiger partial charge on any atom is -0.396 e. The van der Waals surface area contributed by atoms with Crippen molar-refractivity contribution in [1.29, 1.82) is 0 Å². The van der Waals surface area contributed by atoms with Crippen molar-refractivity contribution >= 4 is 5.69 Å². The fourth-order valence-corrected chi connectivity index (χ4v) is 2.43. The van der Waals surface area contributed by atoms with E-state index in [0.717, 1.165) is 19.3 Å². The molecule has 1 aliphatic rings. The number of hydrogen-bond acceptors (Lipinski definition) is 3. The van der Waals surface area contributed by atoms with E-state index < -0.39 is 11.6 Å². The predicted octanol–water partition coefficient (Wildman–Crippen LogP) is 2.16. The Balaban J connectivity index is 2.29. The third-order valence-electron chi connectivity index (χ3n) is 3.67. The molecular formula is C14H20F2N2O. The molecule has 3 nitrogen and oxygen atoms in total. The van der Waals surface area contributed by atoms with Crippen LogP contribution in [-0.2, 0) is 6.54 Å². The van der Waals surface area contributed by atoms with Gasteiger partial charge in [-0.1, -0.05) is 0 Å². The zero-order valence-electron chi connectivity index (χ0n) is 10.9. The Morgan fingerprint density at radius 3 is 2.32 bits per heavy atom. The first-order valence-corrected chi connectivity index (χ1v) is 6.73. The van der Waals surface area contributed by atoms with Gasteiger partial charge in [0, 0.05) is 25.7 Å². The quantitative estimate of drug-likeness (QED) is 0.833. The average Bonchev–Trinajstić information content (AvgIpc) is 2.32. The number of rotatable bonds is 6. The van der Waals surface area contributed by atoms with E-state index in [2.05, 4.69) is 0 Å². The number of halogens is 2. The minimum absolute atomic E-state index is 0.0212. The average molecular weight is 270 g/mol. The molecule has 5 heteroatoms. The molecule has 1 aliphatic carbocycles. The molecule has 2 rings (SSSR count). The van der Waals surface area contributed by atoms with Gasteiger partial charge in [-0.3, -0.25) is 0 Å². The topological polar surface area (TPSA) is 49.5 Å². The lowest BCUT2D eigenvalue weighted by atomic mass is 9.90. The van der Waals surface area contributed by atoms with Gasteiger partial charge in [-0.15, -0.1) is 0 Å². The standard InChI is InChI=1S/C14H20F2N2O/c15-12-7-10(9-17)8-13(16)14(12)18(5-2-6-19)11-3-1-4-11/h7-8,11,19H,1-6,9,17H2. The number of nitrogens with zero attached hydrogens (tertiary/aromatic N) is 1. The Bertz CT molecular complexity index is 412. The maximum Gasteiger partial charge on any atom is 0.149 e. The van der Waals surface area contributed by atoms with Crippen LogP contribution in [0.2, 0.25) is 0 Å². The molecule has 0 saturated heterocycles. The maximum atomic E-state index is 14.1. The van der Waals surface area contributed by atoms with Gasteiger partial charge in [0.2, 0.25) is 0 Å². The second kappa shape index (κ2) is 6.30. The number of anilines is 1. The van der Waals surface area contributed by atoms with Crippen molar-refractivity contribution in [2.24, 2.45) is 5.73 Å². The molecule has 106 valence electrons. The van der Waals surface area contributed by atoms with E-state index in [1.165, 1.54) is 12.1 Å². The van der Waals surface area contributed by atoms with Gasteiger partial charge in [0.05, 0.1) is 0 Å². The highest BCUT2D eigenvalue weighted by molar-refractivity contribution is 5.52. The molecular weight excluding hydrogens is 250 g/mol. The van der Waals surface area contributed by atoms with E-state index >= 15 is 0 Å². The van der Waals surface area contributed by atoms with Crippen LogP contribution in [0.25, 0.3) is 0 Å². The van der Waals surface area contributed by atoms with Gasteiger partial charge < -0.3 is 15.7 Å². The number of benzene rings is 1. The van der Waals surface area contributed by atoms with E-state index in [9.17, 15) is 8.78 Å². The summed E-state index contributed by atoms with van der Waals surface area (Å²) in [5, 5.41) is 8.92. The van der Waals surface area contributed by atoms with Crippen LogP contribution >= 0.6 is 0 Å². The number of nitrogens with two attached hydrogens (primary N) is 1. The van der Waals surface area contributed by atoms with E-state index in [4.69, 9.17) is 10.8 Å². The highest BCUT2D eigenvalue weighted by Crippen LogP contribution is 2.33. The molecule has 0 amide bonds. The molecule has 1 saturated carbocycles. The van der Waals surface area contributed by atoms with Crippen LogP contribution in [0, 0.1) is 11.6 Å². The third kappa shape index (κ3) is 3.04. The van der Waals surface area contributed by atoms with Crippen LogP contribution in [-0.4, -0.2) is 24.3 Å². The summed E-state index contributed by atoms with van der Waals surface area (Å²) in [5.41, 5.74) is 5.89. The first-order valence-electron chi connectivity index (χ1n) is 6.73. The van der Waals surface area contributed by atoms with Gasteiger partial charge in [0.15, 0.2) is 0 Å². The molecule has 19 heavy (non-hydrogen) atoms. The van der Waals surface area contributed by atoms with Crippen LogP contribution in [0.1, 0.15) is 31.2 Å². The largest absolute Gasteiger partial charge is 0.396 e. The second-order valence-corrected chi connectivity index (χ2v) is 4.97. The molecule has 0 heterocycles. The van der Waals surface area contributed by atoms with Gasteiger partial charge in [0.25, 0.3) is 0 Å². The number of aliphatic hydroxyl groups is 1. The normalized spacial score (nSPS) is 15.4. The first-order chi connectivity index (χ1) is 9.17. The lowest BCUT2D eigenvalue weighted by molar-refractivity contribution is 0.282. The van der Waals surface area contributed by atoms with Gasteiger partial charge in [-0.05, 0) is 43.4 Å². The molecule has 1 aromatic rings. The van der Waals surface area contributed by atoms with Gasteiger partial charge in [0.1, 0.15) is 17.3 Å². The molecule has 0 bridgehead atoms. The Morgan fingerprint density at radius 2 is 1.89 bits per heavy atom. The van der Waals surface area contributed by atoms with Crippen LogP contribution in [0.15, 0.2) is 12.1 Å². The first kappa shape index (κ1) is 14.2. The fourth-order valence-electron chi connectivity index (χ4n) is 2.43. The van der Waals surface area contributed by atoms with Crippen LogP contribution in [0.4, 0.5) is 14.5 Å². The minimum atomic E-state index is -0.565. The SMILES string of the molecule is NCc1cc(F)c(N(CCCO)C2CCC2)c(F)c1. The third-order valence-corrected chi connectivity index (χ3v) is 3.67. The summed E-state index contributed by atoms with van der Waals surface area (Å²) in [7, 11) is 0. The lowest BCUT2D eigenvalue weighted by Crippen LogP contribution is -2.42. The Kier molecular flexibility index (Phi) is 4.71. The summed E-state index contributed by atoms with van der Waals surface area (Å²) >= 11 is 0. The summed E-state index contributed by atoms with van der Waals surface area (Å²) in [6.45, 7) is 0.610. The molecule has 0 unspecified atom stereocenters. The molecule has 1 aromatic carbocycles. The molecule has 3 N–H and O–H groups in total. The van der Waals surface area contributed by atoms with Gasteiger partial charge >= 0.3 is 0 Å². The van der Waals surface area contributed by atoms with Crippen molar-refractivity contribution in [3.05, 3.63) is 29.3 Å². The van der Waals surface area contributed by atoms with Crippen molar-refractivity contribution in [2.45, 2.75) is 38.3 Å². The summed E-state index contributed by atoms with van der Waals surface area (Å²) in [6, 6.07) is 2.77. The Labute approximate surface area is 112 Å². The van der Waals surface area contributed by atoms with Crippen molar-refractivity contribution in [2.75, 3.05) is 18.1 Å². The molecule has 0 radical (unpaired) electrons. The van der Waals surface area contributed by atoms with Crippen LogP contribution in [0.3, 0.4) is 0 Å². The summed E-state index contributed by atoms with van der Waals surface area (Å²) < 4.78 is 28.2. The van der Waals surface area contributed by atoms with Gasteiger partial charge in [-0.2, -0.15) is 0 Å². The Hall–Kier alpha value is -1.20. The van der Waals surface area contributed by atoms with E-state index in [0.29, 0.717) is 18.5 Å². The van der Waals surface area contributed by atoms with E-state index in [1.54, 1.807) is 4.90 Å². The van der Waals surface area contributed by atoms with Crippen molar-refractivity contribution in [3.63, 3.8) is 0 Å². The predicted molar refractivity (Wildman–Crippen MR) is 70.9 cm³/mol. The number of hydrogen-bond donors (Lipinski definition) is 2. The summed E-state index contributed by atoms with van der Waals surface area (Å²) in [5.74, 6) is -1.13. The summed E-state index contributed by atoms with van der Waals surface area (Å²) in [6.07, 6.45) is 3.49. The van der Waals surface area contributed by atoms with Crippen molar-refractivity contribution in [3.8, 4) is 0 Å². The molecule has 0 atom stereocenters. The highest BCUT2D eigenvalue weighted by atomic mass is 19.1. The smallest absolute Gasteiger partial charge is 0.149 e. The zero-order valence-corrected chi connectivity index (χ0v) is 10.9. The molecule has 0 aromatic heterocycles. The fraction of sp³-hybridized carbons (Fsp3) is 0.571. The molecule has 1 fully saturated rings. The molecule has 0 aliphatic heterocycles. The Morgan fingerprint density at radius 1 is 1.26 bits per heavy atom. The molecule has 0 spiro atoms. The van der Waals surface area contributed by atoms with Crippen molar-refractivity contribution in [1.82, 2.24) is 0 Å². The second-order valence-electron chi connectivity index (χ2n) is 4.97. The maximum absolute atomic E-state index is 14.1. The van der Waals surface area contributed by atoms with Crippen molar-refractivity contribution < 1.29 is 13.9 Å². The van der Waals surface area contributed by atoms with E-state index in [1.807, 2.05) is 0 Å². The van der Waals surface area contributed by atoms with Gasteiger partial charge in [-0.25, -0.2) is 8.78 Å². The monoisotopic (exact) mass is 270 g/mol. The van der Waals surface area contributed by atoms with E-state index in [-0.39, 0.29) is 24.9 Å². The number of aliphatic hydroxyl groups excluding tert-OH is 1. The summed E-state index contributed by atoms with van der Waals surface area (Å²) in [4.78, 5) is 1.75.